The van der Waals surface area contributed by atoms with Gasteiger partial charge in [-0.3, -0.25) is 9.78 Å². The van der Waals surface area contributed by atoms with Crippen LogP contribution in [0.5, 0.6) is 0 Å². The summed E-state index contributed by atoms with van der Waals surface area (Å²) in [5, 5.41) is 2.73. The van der Waals surface area contributed by atoms with E-state index >= 15 is 0 Å². The zero-order valence-electron chi connectivity index (χ0n) is 11.6. The van der Waals surface area contributed by atoms with Gasteiger partial charge in [-0.25, -0.2) is 4.39 Å². The summed E-state index contributed by atoms with van der Waals surface area (Å²) in [7, 11) is 0. The third-order valence-electron chi connectivity index (χ3n) is 3.14. The number of hydrogen-bond acceptors (Lipinski definition) is 3. The number of nitrogens with zero attached hydrogens (tertiary/aromatic N) is 1. The van der Waals surface area contributed by atoms with Crippen molar-refractivity contribution in [1.82, 2.24) is 10.3 Å². The molecule has 0 aliphatic heterocycles. The van der Waals surface area contributed by atoms with E-state index in [1.54, 1.807) is 24.6 Å². The SMILES string of the molecule is O=C(NCc1ccc(-c2ccco2)nc1)c1cccc(F)c1. The second-order valence-electron chi connectivity index (χ2n) is 4.72. The number of amides is 1. The number of pyridine rings is 1. The molecule has 2 heterocycles. The van der Waals surface area contributed by atoms with Crippen LogP contribution in [0.25, 0.3) is 11.5 Å². The average molecular weight is 296 g/mol. The predicted octanol–water partition coefficient (Wildman–Crippen LogP) is 3.41. The van der Waals surface area contributed by atoms with Crippen molar-refractivity contribution in [2.75, 3.05) is 0 Å². The van der Waals surface area contributed by atoms with Crippen LogP contribution in [-0.2, 0) is 6.54 Å². The van der Waals surface area contributed by atoms with Gasteiger partial charge in [-0.1, -0.05) is 12.1 Å². The molecular formula is C17H13FN2O2. The fourth-order valence-corrected chi connectivity index (χ4v) is 2.01. The zero-order valence-corrected chi connectivity index (χ0v) is 11.6. The molecule has 3 aromatic rings. The molecule has 0 bridgehead atoms. The monoisotopic (exact) mass is 296 g/mol. The molecule has 3 rings (SSSR count). The molecule has 22 heavy (non-hydrogen) atoms. The number of carbonyl (C=O) groups is 1. The number of hydrogen-bond donors (Lipinski definition) is 1. The van der Waals surface area contributed by atoms with Crippen molar-refractivity contribution in [3.05, 3.63) is 77.9 Å². The maximum atomic E-state index is 13.1. The lowest BCUT2D eigenvalue weighted by Gasteiger charge is -2.06. The Bertz CT molecular complexity index is 768. The van der Waals surface area contributed by atoms with Gasteiger partial charge in [0, 0.05) is 18.3 Å². The smallest absolute Gasteiger partial charge is 0.251 e. The molecule has 110 valence electrons. The number of nitrogens with one attached hydrogen (secondary N) is 1. The summed E-state index contributed by atoms with van der Waals surface area (Å²) in [6, 6.07) is 12.9. The van der Waals surface area contributed by atoms with Crippen LogP contribution in [0.4, 0.5) is 4.39 Å². The summed E-state index contributed by atoms with van der Waals surface area (Å²) in [6.45, 7) is 0.320. The van der Waals surface area contributed by atoms with Crippen molar-refractivity contribution in [3.8, 4) is 11.5 Å². The third-order valence-corrected chi connectivity index (χ3v) is 3.14. The zero-order chi connectivity index (χ0) is 15.4. The molecule has 0 radical (unpaired) electrons. The Kier molecular flexibility index (Phi) is 3.96. The minimum Gasteiger partial charge on any atom is -0.463 e. The Balaban J connectivity index is 1.63. The van der Waals surface area contributed by atoms with Gasteiger partial charge in [0.2, 0.25) is 0 Å². The highest BCUT2D eigenvalue weighted by Gasteiger charge is 2.07. The van der Waals surface area contributed by atoms with E-state index in [0.29, 0.717) is 17.9 Å². The van der Waals surface area contributed by atoms with Crippen LogP contribution in [0.2, 0.25) is 0 Å². The van der Waals surface area contributed by atoms with E-state index in [4.69, 9.17) is 4.42 Å². The first-order chi connectivity index (χ1) is 10.7. The molecule has 1 amide bonds. The summed E-state index contributed by atoms with van der Waals surface area (Å²) in [5.74, 6) is -0.0675. The molecule has 0 unspecified atom stereocenters. The van der Waals surface area contributed by atoms with Crippen LogP contribution in [0.15, 0.2) is 65.4 Å². The number of halogens is 1. The topological polar surface area (TPSA) is 55.1 Å². The normalized spacial score (nSPS) is 10.4. The van der Waals surface area contributed by atoms with Gasteiger partial charge < -0.3 is 9.73 Å². The first kappa shape index (κ1) is 14.0. The van der Waals surface area contributed by atoms with Gasteiger partial charge in [-0.15, -0.1) is 0 Å². The van der Waals surface area contributed by atoms with Crippen LogP contribution < -0.4 is 5.32 Å². The van der Waals surface area contributed by atoms with Crippen molar-refractivity contribution in [3.63, 3.8) is 0 Å². The van der Waals surface area contributed by atoms with Gasteiger partial charge in [0.1, 0.15) is 11.5 Å². The molecule has 0 saturated heterocycles. The van der Waals surface area contributed by atoms with E-state index in [-0.39, 0.29) is 5.91 Å². The third kappa shape index (κ3) is 3.20. The van der Waals surface area contributed by atoms with Crippen LogP contribution in [0.3, 0.4) is 0 Å². The van der Waals surface area contributed by atoms with Crippen molar-refractivity contribution < 1.29 is 13.6 Å². The van der Waals surface area contributed by atoms with Gasteiger partial charge in [0.05, 0.1) is 6.26 Å². The van der Waals surface area contributed by atoms with Crippen LogP contribution in [-0.4, -0.2) is 10.9 Å². The Morgan fingerprint density at radius 1 is 1.18 bits per heavy atom. The Morgan fingerprint density at radius 3 is 2.77 bits per heavy atom. The molecule has 0 aliphatic rings. The lowest BCUT2D eigenvalue weighted by atomic mass is 10.2. The number of benzene rings is 1. The highest BCUT2D eigenvalue weighted by atomic mass is 19.1. The van der Waals surface area contributed by atoms with Crippen molar-refractivity contribution >= 4 is 5.91 Å². The van der Waals surface area contributed by atoms with E-state index < -0.39 is 5.82 Å². The van der Waals surface area contributed by atoms with Crippen molar-refractivity contribution in [2.24, 2.45) is 0 Å². The minimum atomic E-state index is -0.433. The highest BCUT2D eigenvalue weighted by molar-refractivity contribution is 5.94. The molecule has 4 nitrogen and oxygen atoms in total. The number of rotatable bonds is 4. The van der Waals surface area contributed by atoms with Crippen LogP contribution >= 0.6 is 0 Å². The number of furan rings is 1. The minimum absolute atomic E-state index is 0.292. The molecule has 0 fully saturated rings. The molecule has 2 aromatic heterocycles. The first-order valence-corrected chi connectivity index (χ1v) is 6.75. The molecular weight excluding hydrogens is 283 g/mol. The van der Waals surface area contributed by atoms with E-state index in [2.05, 4.69) is 10.3 Å². The molecule has 0 saturated carbocycles. The summed E-state index contributed by atoms with van der Waals surface area (Å²) < 4.78 is 18.3. The molecule has 0 aliphatic carbocycles. The number of carbonyl (C=O) groups excluding carboxylic acids is 1. The summed E-state index contributed by atoms with van der Waals surface area (Å²) in [4.78, 5) is 16.2. The molecule has 1 aromatic carbocycles. The fraction of sp³-hybridized carbons (Fsp3) is 0.0588. The Morgan fingerprint density at radius 2 is 2.09 bits per heavy atom. The molecule has 0 atom stereocenters. The Labute approximate surface area is 126 Å². The predicted molar refractivity (Wildman–Crippen MR) is 79.5 cm³/mol. The lowest BCUT2D eigenvalue weighted by molar-refractivity contribution is 0.0950. The van der Waals surface area contributed by atoms with Gasteiger partial charge in [0.25, 0.3) is 5.91 Å². The maximum absolute atomic E-state index is 13.1. The summed E-state index contributed by atoms with van der Waals surface area (Å²) in [5.41, 5.74) is 1.87. The van der Waals surface area contributed by atoms with E-state index in [1.807, 2.05) is 18.2 Å². The second-order valence-corrected chi connectivity index (χ2v) is 4.72. The van der Waals surface area contributed by atoms with Crippen molar-refractivity contribution in [2.45, 2.75) is 6.54 Å². The van der Waals surface area contributed by atoms with Crippen molar-refractivity contribution in [1.29, 1.82) is 0 Å². The molecule has 0 spiro atoms. The summed E-state index contributed by atoms with van der Waals surface area (Å²) >= 11 is 0. The number of aromatic nitrogens is 1. The van der Waals surface area contributed by atoms with Gasteiger partial charge in [-0.2, -0.15) is 0 Å². The average Bonchev–Trinajstić information content (AvgIpc) is 3.07. The fourth-order valence-electron chi connectivity index (χ4n) is 2.01. The van der Waals surface area contributed by atoms with E-state index in [9.17, 15) is 9.18 Å². The van der Waals surface area contributed by atoms with Gasteiger partial charge in [-0.05, 0) is 42.0 Å². The molecule has 1 N–H and O–H groups in total. The van der Waals surface area contributed by atoms with E-state index in [1.165, 1.54) is 18.2 Å². The quantitative estimate of drug-likeness (QED) is 0.802. The van der Waals surface area contributed by atoms with E-state index in [0.717, 1.165) is 11.3 Å². The summed E-state index contributed by atoms with van der Waals surface area (Å²) in [6.07, 6.45) is 3.26. The standard InChI is InChI=1S/C17H13FN2O2/c18-14-4-1-3-13(9-14)17(21)20-11-12-6-7-15(19-10-12)16-5-2-8-22-16/h1-10H,11H2,(H,20,21). The highest BCUT2D eigenvalue weighted by Crippen LogP contribution is 2.17. The molecule has 5 heteroatoms. The van der Waals surface area contributed by atoms with Gasteiger partial charge >= 0.3 is 0 Å². The largest absolute Gasteiger partial charge is 0.463 e. The Hall–Kier alpha value is -2.95. The van der Waals surface area contributed by atoms with Crippen LogP contribution in [0, 0.1) is 5.82 Å². The van der Waals surface area contributed by atoms with Gasteiger partial charge in [0.15, 0.2) is 5.76 Å². The second kappa shape index (κ2) is 6.22. The maximum Gasteiger partial charge on any atom is 0.251 e. The lowest BCUT2D eigenvalue weighted by Crippen LogP contribution is -2.22. The van der Waals surface area contributed by atoms with Crippen LogP contribution in [0.1, 0.15) is 15.9 Å². The first-order valence-electron chi connectivity index (χ1n) is 6.75.